The first-order valence-corrected chi connectivity index (χ1v) is 6.92. The van der Waals surface area contributed by atoms with Crippen molar-refractivity contribution in [3.05, 3.63) is 29.8 Å². The molecule has 92 valence electrons. The van der Waals surface area contributed by atoms with E-state index in [1.165, 1.54) is 43.5 Å². The van der Waals surface area contributed by atoms with Gasteiger partial charge in [-0.3, -0.25) is 0 Å². The van der Waals surface area contributed by atoms with Gasteiger partial charge < -0.3 is 10.6 Å². The minimum atomic E-state index is 0.696. The summed E-state index contributed by atoms with van der Waals surface area (Å²) in [6.07, 6.45) is 5.44. The molecule has 2 nitrogen and oxygen atoms in total. The van der Waals surface area contributed by atoms with Crippen molar-refractivity contribution < 1.29 is 0 Å². The molecule has 2 aliphatic rings. The fourth-order valence-electron chi connectivity index (χ4n) is 2.96. The second-order valence-electron chi connectivity index (χ2n) is 5.56. The van der Waals surface area contributed by atoms with Gasteiger partial charge in [0.1, 0.15) is 0 Å². The molecule has 2 N–H and O–H groups in total. The van der Waals surface area contributed by atoms with Crippen LogP contribution in [0, 0.1) is 5.92 Å². The molecule has 1 aromatic rings. The monoisotopic (exact) mass is 230 g/mol. The Morgan fingerprint density at radius 1 is 1.12 bits per heavy atom. The summed E-state index contributed by atoms with van der Waals surface area (Å²) in [6, 6.07) is 9.25. The number of anilines is 1. The zero-order chi connectivity index (χ0) is 11.7. The molecule has 1 saturated carbocycles. The predicted molar refractivity (Wildman–Crippen MR) is 72.4 cm³/mol. The lowest BCUT2D eigenvalue weighted by atomic mass is 9.80. The van der Waals surface area contributed by atoms with Gasteiger partial charge in [0.2, 0.25) is 0 Å². The summed E-state index contributed by atoms with van der Waals surface area (Å²) in [6.45, 7) is 3.14. The van der Waals surface area contributed by atoms with E-state index in [4.69, 9.17) is 5.73 Å². The fourth-order valence-corrected chi connectivity index (χ4v) is 2.96. The first kappa shape index (κ1) is 11.1. The van der Waals surface area contributed by atoms with Crippen molar-refractivity contribution in [2.75, 3.05) is 24.5 Å². The van der Waals surface area contributed by atoms with Crippen LogP contribution in [-0.4, -0.2) is 19.6 Å². The number of nitrogens with zero attached hydrogens (tertiary/aromatic N) is 1. The minimum absolute atomic E-state index is 0.696. The highest BCUT2D eigenvalue weighted by Gasteiger charge is 2.22. The molecule has 3 rings (SSSR count). The number of hydrogen-bond acceptors (Lipinski definition) is 2. The van der Waals surface area contributed by atoms with E-state index >= 15 is 0 Å². The predicted octanol–water partition coefficient (Wildman–Crippen LogP) is 2.74. The van der Waals surface area contributed by atoms with E-state index in [0.29, 0.717) is 5.92 Å². The molecule has 0 radical (unpaired) electrons. The molecule has 17 heavy (non-hydrogen) atoms. The van der Waals surface area contributed by atoms with Gasteiger partial charge in [-0.15, -0.1) is 0 Å². The Hall–Kier alpha value is -1.02. The Morgan fingerprint density at radius 3 is 2.41 bits per heavy atom. The Bertz CT molecular complexity index is 367. The van der Waals surface area contributed by atoms with Crippen LogP contribution in [0.3, 0.4) is 0 Å². The normalized spacial score (nSPS) is 25.0. The van der Waals surface area contributed by atoms with Crippen molar-refractivity contribution >= 4 is 5.69 Å². The van der Waals surface area contributed by atoms with Crippen LogP contribution in [0.4, 0.5) is 5.69 Å². The summed E-state index contributed by atoms with van der Waals surface area (Å²) in [4.78, 5) is 2.47. The summed E-state index contributed by atoms with van der Waals surface area (Å²) < 4.78 is 0. The number of benzene rings is 1. The van der Waals surface area contributed by atoms with E-state index in [0.717, 1.165) is 19.0 Å². The van der Waals surface area contributed by atoms with Gasteiger partial charge in [-0.25, -0.2) is 0 Å². The zero-order valence-corrected chi connectivity index (χ0v) is 10.4. The second-order valence-corrected chi connectivity index (χ2v) is 5.56. The smallest absolute Gasteiger partial charge is 0.0366 e. The summed E-state index contributed by atoms with van der Waals surface area (Å²) >= 11 is 0. The maximum atomic E-state index is 5.74. The highest BCUT2D eigenvalue weighted by molar-refractivity contribution is 5.49. The molecule has 1 atom stereocenters. The Kier molecular flexibility index (Phi) is 3.06. The quantitative estimate of drug-likeness (QED) is 0.865. The third kappa shape index (κ3) is 2.19. The Balaban J connectivity index is 1.67. The maximum Gasteiger partial charge on any atom is 0.0366 e. The van der Waals surface area contributed by atoms with Gasteiger partial charge in [0.25, 0.3) is 0 Å². The van der Waals surface area contributed by atoms with Gasteiger partial charge >= 0.3 is 0 Å². The van der Waals surface area contributed by atoms with Gasteiger partial charge in [0.05, 0.1) is 0 Å². The number of rotatable bonds is 3. The molecular formula is C15H22N2. The molecule has 1 heterocycles. The molecule has 0 spiro atoms. The Morgan fingerprint density at radius 2 is 1.88 bits per heavy atom. The van der Waals surface area contributed by atoms with Crippen molar-refractivity contribution in [2.45, 2.75) is 31.6 Å². The van der Waals surface area contributed by atoms with Gasteiger partial charge in [0.15, 0.2) is 0 Å². The number of hydrogen-bond donors (Lipinski definition) is 1. The van der Waals surface area contributed by atoms with E-state index < -0.39 is 0 Å². The molecule has 1 aliphatic heterocycles. The van der Waals surface area contributed by atoms with Crippen LogP contribution in [0.2, 0.25) is 0 Å². The fraction of sp³-hybridized carbons (Fsp3) is 0.600. The average molecular weight is 230 g/mol. The van der Waals surface area contributed by atoms with Gasteiger partial charge in [-0.2, -0.15) is 0 Å². The summed E-state index contributed by atoms with van der Waals surface area (Å²) in [5.74, 6) is 1.54. The standard InChI is InChI=1S/C15H22N2/c16-10-12-8-9-17(11-12)15-6-4-14(5-7-15)13-2-1-3-13/h4-7,12-13H,1-3,8-11,16H2. The van der Waals surface area contributed by atoms with Crippen molar-refractivity contribution in [1.82, 2.24) is 0 Å². The van der Waals surface area contributed by atoms with Crippen LogP contribution in [0.5, 0.6) is 0 Å². The maximum absolute atomic E-state index is 5.74. The van der Waals surface area contributed by atoms with Gasteiger partial charge in [0, 0.05) is 18.8 Å². The van der Waals surface area contributed by atoms with Crippen molar-refractivity contribution in [1.29, 1.82) is 0 Å². The lowest BCUT2D eigenvalue weighted by Crippen LogP contribution is -2.22. The van der Waals surface area contributed by atoms with Crippen LogP contribution in [0.1, 0.15) is 37.2 Å². The molecule has 1 unspecified atom stereocenters. The summed E-state index contributed by atoms with van der Waals surface area (Å²) in [5.41, 5.74) is 8.65. The van der Waals surface area contributed by atoms with E-state index in [1.54, 1.807) is 0 Å². The topological polar surface area (TPSA) is 29.3 Å². The molecule has 0 amide bonds. The van der Waals surface area contributed by atoms with E-state index in [9.17, 15) is 0 Å². The summed E-state index contributed by atoms with van der Waals surface area (Å²) in [7, 11) is 0. The first-order valence-electron chi connectivity index (χ1n) is 6.92. The van der Waals surface area contributed by atoms with Crippen LogP contribution >= 0.6 is 0 Å². The van der Waals surface area contributed by atoms with Crippen LogP contribution in [0.25, 0.3) is 0 Å². The largest absolute Gasteiger partial charge is 0.371 e. The molecule has 1 aromatic carbocycles. The first-order chi connectivity index (χ1) is 8.36. The van der Waals surface area contributed by atoms with E-state index in [1.807, 2.05) is 0 Å². The van der Waals surface area contributed by atoms with Crippen LogP contribution in [-0.2, 0) is 0 Å². The Labute approximate surface area is 104 Å². The molecule has 0 aromatic heterocycles. The van der Waals surface area contributed by atoms with Crippen LogP contribution in [0.15, 0.2) is 24.3 Å². The number of nitrogens with two attached hydrogens (primary N) is 1. The molecule has 2 heteroatoms. The lowest BCUT2D eigenvalue weighted by molar-refractivity contribution is 0.420. The third-order valence-electron chi connectivity index (χ3n) is 4.45. The van der Waals surface area contributed by atoms with E-state index in [-0.39, 0.29) is 0 Å². The average Bonchev–Trinajstić information content (AvgIpc) is 2.76. The molecular weight excluding hydrogens is 208 g/mol. The van der Waals surface area contributed by atoms with Crippen molar-refractivity contribution in [3.63, 3.8) is 0 Å². The molecule has 1 aliphatic carbocycles. The minimum Gasteiger partial charge on any atom is -0.371 e. The van der Waals surface area contributed by atoms with Crippen molar-refractivity contribution in [3.8, 4) is 0 Å². The lowest BCUT2D eigenvalue weighted by Gasteiger charge is -2.26. The highest BCUT2D eigenvalue weighted by Crippen LogP contribution is 2.37. The SMILES string of the molecule is NCC1CCN(c2ccc(C3CCC3)cc2)C1. The molecule has 0 bridgehead atoms. The van der Waals surface area contributed by atoms with Gasteiger partial charge in [-0.1, -0.05) is 18.6 Å². The second kappa shape index (κ2) is 4.69. The third-order valence-corrected chi connectivity index (χ3v) is 4.45. The van der Waals surface area contributed by atoms with Gasteiger partial charge in [-0.05, 0) is 55.3 Å². The zero-order valence-electron chi connectivity index (χ0n) is 10.4. The van der Waals surface area contributed by atoms with Crippen molar-refractivity contribution in [2.24, 2.45) is 11.7 Å². The summed E-state index contributed by atoms with van der Waals surface area (Å²) in [5, 5.41) is 0. The highest BCUT2D eigenvalue weighted by atomic mass is 15.2. The van der Waals surface area contributed by atoms with Crippen LogP contribution < -0.4 is 10.6 Å². The van der Waals surface area contributed by atoms with E-state index in [2.05, 4.69) is 29.2 Å². The molecule has 2 fully saturated rings. The molecule has 1 saturated heterocycles.